The average Bonchev–Trinajstić information content (AvgIpc) is 2.29. The van der Waals surface area contributed by atoms with Gasteiger partial charge in [-0.1, -0.05) is 37.0 Å². The summed E-state index contributed by atoms with van der Waals surface area (Å²) in [6.45, 7) is 5.00. The molecule has 4 heteroatoms. The molecule has 1 aromatic heterocycles. The van der Waals surface area contributed by atoms with Crippen molar-refractivity contribution in [3.8, 4) is 0 Å². The number of rotatable bonds is 3. The Bertz CT molecular complexity index is 292. The van der Waals surface area contributed by atoms with Crippen molar-refractivity contribution >= 4 is 23.2 Å². The minimum atomic E-state index is 0.465. The van der Waals surface area contributed by atoms with Crippen molar-refractivity contribution in [3.05, 3.63) is 21.9 Å². The van der Waals surface area contributed by atoms with Gasteiger partial charge < -0.3 is 9.88 Å². The molecule has 0 aliphatic rings. The molecule has 0 radical (unpaired) electrons. The molecule has 0 aliphatic carbocycles. The van der Waals surface area contributed by atoms with E-state index in [2.05, 4.69) is 19.2 Å². The SMILES string of the molecule is CC(C)NCc1cc(Cl)c(Cl)n1C. The highest BCUT2D eigenvalue weighted by atomic mass is 35.5. The highest BCUT2D eigenvalue weighted by Gasteiger charge is 2.08. The van der Waals surface area contributed by atoms with Crippen LogP contribution < -0.4 is 5.32 Å². The second kappa shape index (κ2) is 4.36. The third-order valence-corrected chi connectivity index (χ3v) is 2.75. The molecule has 0 saturated carbocycles. The fraction of sp³-hybridized carbons (Fsp3) is 0.556. The standard InChI is InChI=1S/C9H14Cl2N2/c1-6(2)12-5-7-4-8(10)9(11)13(7)3/h4,6,12H,5H2,1-3H3. The summed E-state index contributed by atoms with van der Waals surface area (Å²) in [5.74, 6) is 0. The second-order valence-corrected chi connectivity index (χ2v) is 4.13. The predicted molar refractivity (Wildman–Crippen MR) is 57.4 cm³/mol. The maximum absolute atomic E-state index is 5.92. The van der Waals surface area contributed by atoms with Gasteiger partial charge in [-0.2, -0.15) is 0 Å². The van der Waals surface area contributed by atoms with E-state index in [1.165, 1.54) is 0 Å². The molecule has 0 aliphatic heterocycles. The van der Waals surface area contributed by atoms with Crippen molar-refractivity contribution in [2.24, 2.45) is 7.05 Å². The van der Waals surface area contributed by atoms with Gasteiger partial charge in [-0.25, -0.2) is 0 Å². The van der Waals surface area contributed by atoms with Crippen LogP contribution in [-0.2, 0) is 13.6 Å². The topological polar surface area (TPSA) is 17.0 Å². The maximum Gasteiger partial charge on any atom is 0.127 e. The summed E-state index contributed by atoms with van der Waals surface area (Å²) in [5, 5.41) is 4.52. The van der Waals surface area contributed by atoms with Gasteiger partial charge in [0.15, 0.2) is 0 Å². The Labute approximate surface area is 88.8 Å². The van der Waals surface area contributed by atoms with E-state index in [-0.39, 0.29) is 0 Å². The molecule has 13 heavy (non-hydrogen) atoms. The van der Waals surface area contributed by atoms with Gasteiger partial charge in [0.05, 0.1) is 5.02 Å². The molecule has 1 heterocycles. The van der Waals surface area contributed by atoms with Crippen LogP contribution in [-0.4, -0.2) is 10.6 Å². The first kappa shape index (κ1) is 10.9. The molecule has 2 nitrogen and oxygen atoms in total. The molecule has 0 fully saturated rings. The van der Waals surface area contributed by atoms with Crippen LogP contribution in [0.3, 0.4) is 0 Å². The van der Waals surface area contributed by atoms with E-state index in [9.17, 15) is 0 Å². The first-order valence-electron chi connectivity index (χ1n) is 4.25. The number of nitrogens with one attached hydrogen (secondary N) is 1. The lowest BCUT2D eigenvalue weighted by Gasteiger charge is -2.08. The minimum absolute atomic E-state index is 0.465. The van der Waals surface area contributed by atoms with Crippen LogP contribution in [0.5, 0.6) is 0 Å². The Morgan fingerprint density at radius 1 is 1.46 bits per heavy atom. The zero-order valence-electron chi connectivity index (χ0n) is 8.06. The lowest BCUT2D eigenvalue weighted by atomic mass is 10.3. The van der Waals surface area contributed by atoms with Gasteiger partial charge in [-0.3, -0.25) is 0 Å². The maximum atomic E-state index is 5.92. The molecule has 74 valence electrons. The van der Waals surface area contributed by atoms with Crippen molar-refractivity contribution < 1.29 is 0 Å². The number of hydrogen-bond donors (Lipinski definition) is 1. The van der Waals surface area contributed by atoms with Crippen molar-refractivity contribution in [1.29, 1.82) is 0 Å². The third kappa shape index (κ3) is 2.63. The first-order valence-corrected chi connectivity index (χ1v) is 5.01. The first-order chi connectivity index (χ1) is 6.02. The zero-order chi connectivity index (χ0) is 10.0. The fourth-order valence-electron chi connectivity index (χ4n) is 1.07. The Morgan fingerprint density at radius 2 is 2.08 bits per heavy atom. The van der Waals surface area contributed by atoms with Gasteiger partial charge >= 0.3 is 0 Å². The molecule has 0 amide bonds. The van der Waals surface area contributed by atoms with Gasteiger partial charge in [-0.15, -0.1) is 0 Å². The molecule has 0 bridgehead atoms. The van der Waals surface area contributed by atoms with E-state index in [4.69, 9.17) is 23.2 Å². The largest absolute Gasteiger partial charge is 0.336 e. The zero-order valence-corrected chi connectivity index (χ0v) is 9.58. The highest BCUT2D eigenvalue weighted by molar-refractivity contribution is 6.41. The summed E-state index contributed by atoms with van der Waals surface area (Å²) in [6.07, 6.45) is 0. The van der Waals surface area contributed by atoms with E-state index < -0.39 is 0 Å². The molecular formula is C9H14Cl2N2. The summed E-state index contributed by atoms with van der Waals surface area (Å²) in [5.41, 5.74) is 1.10. The van der Waals surface area contributed by atoms with Gasteiger partial charge in [-0.05, 0) is 6.07 Å². The van der Waals surface area contributed by atoms with Crippen molar-refractivity contribution in [2.45, 2.75) is 26.4 Å². The lowest BCUT2D eigenvalue weighted by molar-refractivity contribution is 0.571. The Balaban J connectivity index is 2.72. The molecular weight excluding hydrogens is 207 g/mol. The van der Waals surface area contributed by atoms with E-state index in [1.54, 1.807) is 0 Å². The smallest absolute Gasteiger partial charge is 0.127 e. The number of nitrogens with zero attached hydrogens (tertiary/aromatic N) is 1. The Kier molecular flexibility index (Phi) is 3.65. The number of hydrogen-bond acceptors (Lipinski definition) is 1. The quantitative estimate of drug-likeness (QED) is 0.830. The van der Waals surface area contributed by atoms with Crippen LogP contribution >= 0.6 is 23.2 Å². The molecule has 1 N–H and O–H groups in total. The van der Waals surface area contributed by atoms with Crippen LogP contribution in [0.4, 0.5) is 0 Å². The second-order valence-electron chi connectivity index (χ2n) is 3.37. The minimum Gasteiger partial charge on any atom is -0.336 e. The monoisotopic (exact) mass is 220 g/mol. The van der Waals surface area contributed by atoms with Crippen LogP contribution in [0.1, 0.15) is 19.5 Å². The molecule has 0 aromatic carbocycles. The summed E-state index contributed by atoms with van der Waals surface area (Å²) < 4.78 is 1.89. The predicted octanol–water partition coefficient (Wildman–Crippen LogP) is 2.83. The molecule has 1 rings (SSSR count). The number of halogens is 2. The van der Waals surface area contributed by atoms with Crippen LogP contribution in [0, 0.1) is 0 Å². The number of aromatic nitrogens is 1. The summed E-state index contributed by atoms with van der Waals surface area (Å²) in [6, 6.07) is 2.35. The van der Waals surface area contributed by atoms with Crippen molar-refractivity contribution in [2.75, 3.05) is 0 Å². The van der Waals surface area contributed by atoms with Gasteiger partial charge in [0.1, 0.15) is 5.15 Å². The normalized spacial score (nSPS) is 11.2. The van der Waals surface area contributed by atoms with E-state index in [1.807, 2.05) is 17.7 Å². The third-order valence-electron chi connectivity index (χ3n) is 1.91. The average molecular weight is 221 g/mol. The summed E-state index contributed by atoms with van der Waals surface area (Å²) >= 11 is 11.8. The Hall–Kier alpha value is -0.180. The van der Waals surface area contributed by atoms with Gasteiger partial charge in [0.25, 0.3) is 0 Å². The van der Waals surface area contributed by atoms with E-state index in [0.29, 0.717) is 16.2 Å². The summed E-state index contributed by atoms with van der Waals surface area (Å²) in [7, 11) is 1.91. The molecule has 0 atom stereocenters. The van der Waals surface area contributed by atoms with Crippen LogP contribution in [0.15, 0.2) is 6.07 Å². The van der Waals surface area contributed by atoms with Gasteiger partial charge in [0, 0.05) is 25.3 Å². The van der Waals surface area contributed by atoms with Crippen LogP contribution in [0.2, 0.25) is 10.2 Å². The highest BCUT2D eigenvalue weighted by Crippen LogP contribution is 2.24. The van der Waals surface area contributed by atoms with Crippen molar-refractivity contribution in [1.82, 2.24) is 9.88 Å². The van der Waals surface area contributed by atoms with E-state index in [0.717, 1.165) is 12.2 Å². The fourth-order valence-corrected chi connectivity index (χ4v) is 1.48. The molecule has 0 unspecified atom stereocenters. The van der Waals surface area contributed by atoms with Crippen molar-refractivity contribution in [3.63, 3.8) is 0 Å². The van der Waals surface area contributed by atoms with Crippen LogP contribution in [0.25, 0.3) is 0 Å². The molecule has 0 saturated heterocycles. The lowest BCUT2D eigenvalue weighted by Crippen LogP contribution is -2.23. The van der Waals surface area contributed by atoms with E-state index >= 15 is 0 Å². The summed E-state index contributed by atoms with van der Waals surface area (Å²) in [4.78, 5) is 0. The molecule has 1 aromatic rings. The Morgan fingerprint density at radius 3 is 2.46 bits per heavy atom. The van der Waals surface area contributed by atoms with Gasteiger partial charge in [0.2, 0.25) is 0 Å². The molecule has 0 spiro atoms.